The SMILES string of the molecule is CCC1(C(NC)c2cc(F)c(Br)cc2F)CCCC1. The molecule has 1 atom stereocenters. The first-order valence-corrected chi connectivity index (χ1v) is 7.65. The van der Waals surface area contributed by atoms with Gasteiger partial charge in [0.15, 0.2) is 0 Å². The highest BCUT2D eigenvalue weighted by molar-refractivity contribution is 9.10. The van der Waals surface area contributed by atoms with Crippen LogP contribution in [-0.4, -0.2) is 7.05 Å². The Morgan fingerprint density at radius 1 is 1.26 bits per heavy atom. The highest BCUT2D eigenvalue weighted by Crippen LogP contribution is 2.50. The Kier molecular flexibility index (Phi) is 4.62. The van der Waals surface area contributed by atoms with Crippen molar-refractivity contribution in [3.05, 3.63) is 33.8 Å². The molecule has 4 heteroatoms. The number of halogens is 3. The number of hydrogen-bond donors (Lipinski definition) is 1. The Morgan fingerprint density at radius 2 is 1.89 bits per heavy atom. The molecule has 0 bridgehead atoms. The Balaban J connectivity index is 2.44. The van der Waals surface area contributed by atoms with Crippen molar-refractivity contribution in [1.29, 1.82) is 0 Å². The molecule has 0 heterocycles. The van der Waals surface area contributed by atoms with E-state index < -0.39 is 5.82 Å². The average molecular weight is 332 g/mol. The maximum atomic E-state index is 14.2. The van der Waals surface area contributed by atoms with Crippen LogP contribution in [0.3, 0.4) is 0 Å². The predicted molar refractivity (Wildman–Crippen MR) is 77.1 cm³/mol. The molecule has 0 amide bonds. The molecule has 0 saturated heterocycles. The Hall–Kier alpha value is -0.480. The van der Waals surface area contributed by atoms with Gasteiger partial charge in [-0.1, -0.05) is 19.8 Å². The zero-order chi connectivity index (χ0) is 14.0. The van der Waals surface area contributed by atoms with Gasteiger partial charge in [0.2, 0.25) is 0 Å². The van der Waals surface area contributed by atoms with Crippen molar-refractivity contribution in [1.82, 2.24) is 5.32 Å². The van der Waals surface area contributed by atoms with Gasteiger partial charge < -0.3 is 5.32 Å². The standard InChI is InChI=1S/C15H20BrF2N/c1-3-15(6-4-5-7-15)14(19-2)10-8-13(18)11(16)9-12(10)17/h8-9,14,19H,3-7H2,1-2H3. The molecule has 1 unspecified atom stereocenters. The second-order valence-corrected chi connectivity index (χ2v) is 6.29. The summed E-state index contributed by atoms with van der Waals surface area (Å²) >= 11 is 3.03. The van der Waals surface area contributed by atoms with Gasteiger partial charge in [-0.2, -0.15) is 0 Å². The normalized spacial score (nSPS) is 19.6. The van der Waals surface area contributed by atoms with Gasteiger partial charge in [0.05, 0.1) is 4.47 Å². The lowest BCUT2D eigenvalue weighted by atomic mass is 9.73. The van der Waals surface area contributed by atoms with Crippen LogP contribution < -0.4 is 5.32 Å². The third-order valence-electron chi connectivity index (χ3n) is 4.56. The van der Waals surface area contributed by atoms with E-state index in [0.29, 0.717) is 5.56 Å². The van der Waals surface area contributed by atoms with Crippen molar-refractivity contribution in [3.8, 4) is 0 Å². The molecule has 2 rings (SSSR count). The van der Waals surface area contributed by atoms with Gasteiger partial charge in [-0.05, 0) is 59.8 Å². The van der Waals surface area contributed by atoms with E-state index in [1.807, 2.05) is 7.05 Å². The monoisotopic (exact) mass is 331 g/mol. The van der Waals surface area contributed by atoms with E-state index in [0.717, 1.165) is 19.3 Å². The summed E-state index contributed by atoms with van der Waals surface area (Å²) in [6.07, 6.45) is 5.48. The van der Waals surface area contributed by atoms with Crippen LogP contribution in [-0.2, 0) is 0 Å². The van der Waals surface area contributed by atoms with Gasteiger partial charge in [-0.25, -0.2) is 8.78 Å². The molecule has 1 fully saturated rings. The number of rotatable bonds is 4. The summed E-state index contributed by atoms with van der Waals surface area (Å²) in [4.78, 5) is 0. The quantitative estimate of drug-likeness (QED) is 0.769. The molecular weight excluding hydrogens is 312 g/mol. The minimum atomic E-state index is -0.402. The van der Waals surface area contributed by atoms with E-state index in [-0.39, 0.29) is 21.7 Å². The minimum Gasteiger partial charge on any atom is -0.312 e. The van der Waals surface area contributed by atoms with Gasteiger partial charge in [-0.3, -0.25) is 0 Å². The first-order valence-electron chi connectivity index (χ1n) is 6.86. The van der Waals surface area contributed by atoms with Crippen molar-refractivity contribution < 1.29 is 8.78 Å². The van der Waals surface area contributed by atoms with Crippen LogP contribution in [0, 0.1) is 17.0 Å². The second-order valence-electron chi connectivity index (χ2n) is 5.43. The number of benzene rings is 1. The summed E-state index contributed by atoms with van der Waals surface area (Å²) < 4.78 is 28.1. The molecule has 0 spiro atoms. The molecule has 19 heavy (non-hydrogen) atoms. The predicted octanol–water partition coefficient (Wildman–Crippen LogP) is 4.96. The molecule has 1 aromatic carbocycles. The lowest BCUT2D eigenvalue weighted by molar-refractivity contribution is 0.191. The van der Waals surface area contributed by atoms with E-state index in [1.165, 1.54) is 25.0 Å². The van der Waals surface area contributed by atoms with Crippen molar-refractivity contribution in [2.75, 3.05) is 7.05 Å². The molecule has 1 aliphatic carbocycles. The average Bonchev–Trinajstić information content (AvgIpc) is 2.86. The zero-order valence-electron chi connectivity index (χ0n) is 11.4. The van der Waals surface area contributed by atoms with Gasteiger partial charge in [0.1, 0.15) is 11.6 Å². The molecule has 106 valence electrons. The highest BCUT2D eigenvalue weighted by atomic mass is 79.9. The summed E-state index contributed by atoms with van der Waals surface area (Å²) in [7, 11) is 1.83. The molecule has 1 aromatic rings. The van der Waals surface area contributed by atoms with Gasteiger partial charge in [0.25, 0.3) is 0 Å². The van der Waals surface area contributed by atoms with Crippen LogP contribution in [0.1, 0.15) is 50.6 Å². The van der Waals surface area contributed by atoms with E-state index in [9.17, 15) is 8.78 Å². The van der Waals surface area contributed by atoms with Crippen LogP contribution in [0.5, 0.6) is 0 Å². The van der Waals surface area contributed by atoms with Crippen LogP contribution >= 0.6 is 15.9 Å². The van der Waals surface area contributed by atoms with Gasteiger partial charge in [0, 0.05) is 11.6 Å². The fourth-order valence-corrected chi connectivity index (χ4v) is 3.79. The molecule has 1 nitrogen and oxygen atoms in total. The summed E-state index contributed by atoms with van der Waals surface area (Å²) in [5, 5.41) is 3.22. The van der Waals surface area contributed by atoms with Crippen molar-refractivity contribution in [3.63, 3.8) is 0 Å². The summed E-state index contributed by atoms with van der Waals surface area (Å²) in [5.74, 6) is -0.742. The molecule has 0 aromatic heterocycles. The molecule has 1 saturated carbocycles. The van der Waals surface area contributed by atoms with Crippen LogP contribution in [0.25, 0.3) is 0 Å². The molecular formula is C15H20BrF2N. The first kappa shape index (κ1) is 14.9. The number of nitrogens with one attached hydrogen (secondary N) is 1. The zero-order valence-corrected chi connectivity index (χ0v) is 13.0. The summed E-state index contributed by atoms with van der Waals surface area (Å²) in [6.45, 7) is 2.14. The first-order chi connectivity index (χ1) is 9.04. The maximum absolute atomic E-state index is 14.2. The smallest absolute Gasteiger partial charge is 0.137 e. The third-order valence-corrected chi connectivity index (χ3v) is 5.16. The van der Waals surface area contributed by atoms with Crippen LogP contribution in [0.2, 0.25) is 0 Å². The maximum Gasteiger partial charge on any atom is 0.137 e. The van der Waals surface area contributed by atoms with E-state index in [1.54, 1.807) is 0 Å². The van der Waals surface area contributed by atoms with Crippen molar-refractivity contribution in [2.24, 2.45) is 5.41 Å². The second kappa shape index (κ2) is 5.88. The molecule has 0 radical (unpaired) electrons. The van der Waals surface area contributed by atoms with Gasteiger partial charge in [-0.15, -0.1) is 0 Å². The van der Waals surface area contributed by atoms with Crippen molar-refractivity contribution >= 4 is 15.9 Å². The lowest BCUT2D eigenvalue weighted by Gasteiger charge is -2.37. The lowest BCUT2D eigenvalue weighted by Crippen LogP contribution is -2.35. The molecule has 1 N–H and O–H groups in total. The highest BCUT2D eigenvalue weighted by Gasteiger charge is 2.41. The molecule has 0 aliphatic heterocycles. The largest absolute Gasteiger partial charge is 0.312 e. The van der Waals surface area contributed by atoms with Crippen molar-refractivity contribution in [2.45, 2.75) is 45.1 Å². The van der Waals surface area contributed by atoms with E-state index in [2.05, 4.69) is 28.2 Å². The Bertz CT molecular complexity index is 456. The van der Waals surface area contributed by atoms with Crippen LogP contribution in [0.15, 0.2) is 16.6 Å². The third kappa shape index (κ3) is 2.70. The topological polar surface area (TPSA) is 12.0 Å². The Morgan fingerprint density at radius 3 is 2.42 bits per heavy atom. The van der Waals surface area contributed by atoms with E-state index in [4.69, 9.17) is 0 Å². The molecule has 1 aliphatic rings. The minimum absolute atomic E-state index is 0.0514. The fourth-order valence-electron chi connectivity index (χ4n) is 3.48. The fraction of sp³-hybridized carbons (Fsp3) is 0.600. The summed E-state index contributed by atoms with van der Waals surface area (Å²) in [5.41, 5.74) is 0.502. The van der Waals surface area contributed by atoms with Crippen LogP contribution in [0.4, 0.5) is 8.78 Å². The number of hydrogen-bond acceptors (Lipinski definition) is 1. The van der Waals surface area contributed by atoms with E-state index >= 15 is 0 Å². The Labute approximate surface area is 121 Å². The summed E-state index contributed by atoms with van der Waals surface area (Å²) in [6, 6.07) is 2.44. The van der Waals surface area contributed by atoms with Gasteiger partial charge >= 0.3 is 0 Å².